The summed E-state index contributed by atoms with van der Waals surface area (Å²) >= 11 is 0. The number of aryl methyl sites for hydroxylation is 1. The van der Waals surface area contributed by atoms with E-state index in [0.29, 0.717) is 23.5 Å². The summed E-state index contributed by atoms with van der Waals surface area (Å²) in [7, 11) is 0. The fourth-order valence-corrected chi connectivity index (χ4v) is 4.81. The molecule has 2 heterocycles. The van der Waals surface area contributed by atoms with Crippen LogP contribution in [0.15, 0.2) is 53.3 Å². The zero-order chi connectivity index (χ0) is 19.6. The highest BCUT2D eigenvalue weighted by atomic mass is 16.1. The number of hydrogen-bond donors (Lipinski definition) is 0. The van der Waals surface area contributed by atoms with Crippen molar-refractivity contribution in [1.29, 1.82) is 0 Å². The van der Waals surface area contributed by atoms with Crippen LogP contribution in [0.2, 0.25) is 0 Å². The number of nitrogens with zero attached hydrogens (tertiary/aromatic N) is 5. The molecule has 1 fully saturated rings. The van der Waals surface area contributed by atoms with Gasteiger partial charge in [0, 0.05) is 38.8 Å². The van der Waals surface area contributed by atoms with E-state index in [9.17, 15) is 4.79 Å². The standard InChI is InChI=1S/C23H27N5O/c29-23-20-9-3-4-10-21(20)24-25-28(23)17-14-26-12-15-27(16-13-26)22-11-5-7-18-6-1-2-8-19(18)22/h1-4,6,8-10,22H,5,7,11-17H2/t22-/m0/s1. The van der Waals surface area contributed by atoms with Crippen LogP contribution < -0.4 is 5.56 Å². The first-order chi connectivity index (χ1) is 14.3. The van der Waals surface area contributed by atoms with Crippen LogP contribution in [0.3, 0.4) is 0 Å². The molecule has 2 aromatic carbocycles. The molecule has 1 aliphatic heterocycles. The maximum absolute atomic E-state index is 12.6. The topological polar surface area (TPSA) is 54.3 Å². The number of rotatable bonds is 4. The lowest BCUT2D eigenvalue weighted by molar-refractivity contribution is 0.0851. The van der Waals surface area contributed by atoms with Gasteiger partial charge in [-0.3, -0.25) is 14.6 Å². The number of piperazine rings is 1. The summed E-state index contributed by atoms with van der Waals surface area (Å²) in [6.07, 6.45) is 3.76. The molecule has 1 aromatic heterocycles. The molecule has 5 rings (SSSR count). The van der Waals surface area contributed by atoms with Gasteiger partial charge < -0.3 is 0 Å². The molecule has 6 nitrogen and oxygen atoms in total. The van der Waals surface area contributed by atoms with Gasteiger partial charge in [0.1, 0.15) is 5.52 Å². The maximum Gasteiger partial charge on any atom is 0.277 e. The summed E-state index contributed by atoms with van der Waals surface area (Å²) < 4.78 is 1.51. The van der Waals surface area contributed by atoms with E-state index in [4.69, 9.17) is 0 Å². The van der Waals surface area contributed by atoms with Crippen molar-refractivity contribution in [2.75, 3.05) is 32.7 Å². The Bertz CT molecular complexity index is 1050. The van der Waals surface area contributed by atoms with Crippen LogP contribution in [0.1, 0.15) is 30.0 Å². The molecule has 0 spiro atoms. The number of fused-ring (bicyclic) bond motifs is 2. The van der Waals surface area contributed by atoms with Gasteiger partial charge in [-0.1, -0.05) is 41.6 Å². The Hall–Kier alpha value is -2.57. The molecule has 1 atom stereocenters. The third-order valence-corrected chi connectivity index (χ3v) is 6.44. The second kappa shape index (κ2) is 8.05. The van der Waals surface area contributed by atoms with Gasteiger partial charge in [0.25, 0.3) is 5.56 Å². The average Bonchev–Trinajstić information content (AvgIpc) is 2.79. The van der Waals surface area contributed by atoms with Gasteiger partial charge in [-0.05, 0) is 42.5 Å². The maximum atomic E-state index is 12.6. The average molecular weight is 390 g/mol. The molecule has 3 aromatic rings. The summed E-state index contributed by atoms with van der Waals surface area (Å²) in [5, 5.41) is 8.95. The summed E-state index contributed by atoms with van der Waals surface area (Å²) in [5.74, 6) is 0. The van der Waals surface area contributed by atoms with Crippen LogP contribution >= 0.6 is 0 Å². The Balaban J connectivity index is 1.20. The predicted octanol–water partition coefficient (Wildman–Crippen LogP) is 2.49. The fraction of sp³-hybridized carbons (Fsp3) is 0.435. The van der Waals surface area contributed by atoms with Gasteiger partial charge in [0.15, 0.2) is 0 Å². The molecule has 0 radical (unpaired) electrons. The van der Waals surface area contributed by atoms with E-state index >= 15 is 0 Å². The van der Waals surface area contributed by atoms with Gasteiger partial charge >= 0.3 is 0 Å². The Morgan fingerprint density at radius 3 is 2.62 bits per heavy atom. The van der Waals surface area contributed by atoms with Crippen molar-refractivity contribution in [2.45, 2.75) is 31.8 Å². The molecule has 1 saturated heterocycles. The van der Waals surface area contributed by atoms with Gasteiger partial charge in [0.05, 0.1) is 11.9 Å². The predicted molar refractivity (Wildman–Crippen MR) is 114 cm³/mol. The zero-order valence-corrected chi connectivity index (χ0v) is 16.7. The fourth-order valence-electron chi connectivity index (χ4n) is 4.81. The second-order valence-corrected chi connectivity index (χ2v) is 8.12. The quantitative estimate of drug-likeness (QED) is 0.686. The molecule has 29 heavy (non-hydrogen) atoms. The SMILES string of the molecule is O=c1c2ccccc2nnn1CCN1CCN([C@H]2CCCc3ccccc32)CC1. The van der Waals surface area contributed by atoms with Crippen molar-refractivity contribution in [3.63, 3.8) is 0 Å². The van der Waals surface area contributed by atoms with Gasteiger partial charge in [-0.15, -0.1) is 5.10 Å². The van der Waals surface area contributed by atoms with Crippen LogP contribution in [0, 0.1) is 0 Å². The Morgan fingerprint density at radius 2 is 1.72 bits per heavy atom. The van der Waals surface area contributed by atoms with E-state index in [0.717, 1.165) is 32.7 Å². The molecule has 0 amide bonds. The van der Waals surface area contributed by atoms with Crippen molar-refractivity contribution in [1.82, 2.24) is 24.8 Å². The lowest BCUT2D eigenvalue weighted by atomic mass is 9.86. The van der Waals surface area contributed by atoms with Gasteiger partial charge in [0.2, 0.25) is 0 Å². The number of hydrogen-bond acceptors (Lipinski definition) is 5. The monoisotopic (exact) mass is 389 g/mol. The molecule has 0 unspecified atom stereocenters. The van der Waals surface area contributed by atoms with Crippen LogP contribution in [-0.2, 0) is 13.0 Å². The Kier molecular flexibility index (Phi) is 5.12. The Labute approximate surface area is 170 Å². The number of benzene rings is 2. The van der Waals surface area contributed by atoms with Gasteiger partial charge in [-0.25, -0.2) is 4.68 Å². The number of aromatic nitrogens is 3. The minimum atomic E-state index is -0.0481. The first-order valence-corrected chi connectivity index (χ1v) is 10.7. The van der Waals surface area contributed by atoms with Crippen LogP contribution in [-0.4, -0.2) is 57.5 Å². The molecule has 2 aliphatic rings. The zero-order valence-electron chi connectivity index (χ0n) is 16.7. The molecule has 6 heteroatoms. The van der Waals surface area contributed by atoms with Gasteiger partial charge in [-0.2, -0.15) is 0 Å². The summed E-state index contributed by atoms with van der Waals surface area (Å²) in [6, 6.07) is 16.9. The molecule has 0 saturated carbocycles. The molecular weight excluding hydrogens is 362 g/mol. The van der Waals surface area contributed by atoms with E-state index in [-0.39, 0.29) is 5.56 Å². The first kappa shape index (κ1) is 18.5. The van der Waals surface area contributed by atoms with E-state index in [2.05, 4.69) is 44.4 Å². The van der Waals surface area contributed by atoms with E-state index < -0.39 is 0 Å². The Morgan fingerprint density at radius 1 is 0.931 bits per heavy atom. The van der Waals surface area contributed by atoms with E-state index in [1.54, 1.807) is 0 Å². The van der Waals surface area contributed by atoms with E-state index in [1.807, 2.05) is 24.3 Å². The summed E-state index contributed by atoms with van der Waals surface area (Å²) in [5.41, 5.74) is 3.67. The highest BCUT2D eigenvalue weighted by molar-refractivity contribution is 5.76. The lowest BCUT2D eigenvalue weighted by Gasteiger charge is -2.41. The second-order valence-electron chi connectivity index (χ2n) is 8.12. The third kappa shape index (κ3) is 3.70. The van der Waals surface area contributed by atoms with Crippen molar-refractivity contribution >= 4 is 10.9 Å². The summed E-state index contributed by atoms with van der Waals surface area (Å²) in [6.45, 7) is 5.66. The molecule has 150 valence electrons. The summed E-state index contributed by atoms with van der Waals surface area (Å²) in [4.78, 5) is 17.7. The molecule has 0 bridgehead atoms. The van der Waals surface area contributed by atoms with Crippen LogP contribution in [0.5, 0.6) is 0 Å². The van der Waals surface area contributed by atoms with Crippen molar-refractivity contribution in [3.05, 3.63) is 70.0 Å². The minimum absolute atomic E-state index is 0.0481. The van der Waals surface area contributed by atoms with Crippen molar-refractivity contribution < 1.29 is 0 Å². The molecule has 1 aliphatic carbocycles. The highest BCUT2D eigenvalue weighted by Gasteiger charge is 2.28. The normalized spacial score (nSPS) is 20.6. The lowest BCUT2D eigenvalue weighted by Crippen LogP contribution is -2.49. The van der Waals surface area contributed by atoms with E-state index in [1.165, 1.54) is 35.1 Å². The minimum Gasteiger partial charge on any atom is -0.299 e. The van der Waals surface area contributed by atoms with Crippen LogP contribution in [0.4, 0.5) is 0 Å². The van der Waals surface area contributed by atoms with Crippen LogP contribution in [0.25, 0.3) is 10.9 Å². The third-order valence-electron chi connectivity index (χ3n) is 6.44. The first-order valence-electron chi connectivity index (χ1n) is 10.7. The molecular formula is C23H27N5O. The smallest absolute Gasteiger partial charge is 0.277 e. The molecule has 0 N–H and O–H groups in total. The van der Waals surface area contributed by atoms with Crippen molar-refractivity contribution in [3.8, 4) is 0 Å². The highest BCUT2D eigenvalue weighted by Crippen LogP contribution is 2.34. The van der Waals surface area contributed by atoms with Crippen molar-refractivity contribution in [2.24, 2.45) is 0 Å². The largest absolute Gasteiger partial charge is 0.299 e.